The van der Waals surface area contributed by atoms with Gasteiger partial charge in [-0.2, -0.15) is 0 Å². The van der Waals surface area contributed by atoms with Crippen LogP contribution >= 0.6 is 0 Å². The number of hydrogen-bond acceptors (Lipinski definition) is 4. The van der Waals surface area contributed by atoms with E-state index in [4.69, 9.17) is 5.21 Å². The molecule has 0 radical (unpaired) electrons. The van der Waals surface area contributed by atoms with Crippen LogP contribution in [-0.4, -0.2) is 21.8 Å². The number of rotatable bonds is 3. The second-order valence-electron chi connectivity index (χ2n) is 2.16. The summed E-state index contributed by atoms with van der Waals surface area (Å²) in [5.74, 6) is 0. The molecule has 0 saturated carbocycles. The third-order valence-electron chi connectivity index (χ3n) is 1.35. The predicted octanol–water partition coefficient (Wildman–Crippen LogP) is 0.0938. The molecule has 4 heteroatoms. The Balaban J connectivity index is 2.61. The molecule has 3 N–H and O–H groups in total. The Labute approximate surface area is 64.5 Å². The van der Waals surface area contributed by atoms with Gasteiger partial charge in [-0.1, -0.05) is 6.07 Å². The van der Waals surface area contributed by atoms with E-state index in [1.807, 2.05) is 5.48 Å². The van der Waals surface area contributed by atoms with Gasteiger partial charge in [0.1, 0.15) is 0 Å². The summed E-state index contributed by atoms with van der Waals surface area (Å²) in [5, 5.41) is 17.5. The third-order valence-corrected chi connectivity index (χ3v) is 1.35. The summed E-state index contributed by atoms with van der Waals surface area (Å²) in [5.41, 5.74) is 2.58. The zero-order valence-corrected chi connectivity index (χ0v) is 5.94. The first-order chi connectivity index (χ1) is 5.34. The largest absolute Gasteiger partial charge is 0.387 e. The van der Waals surface area contributed by atoms with Crippen LogP contribution in [0.25, 0.3) is 0 Å². The molecular weight excluding hydrogens is 144 g/mol. The number of nitrogens with one attached hydrogen (secondary N) is 1. The van der Waals surface area contributed by atoms with E-state index in [0.29, 0.717) is 5.56 Å². The van der Waals surface area contributed by atoms with E-state index >= 15 is 0 Å². The maximum absolute atomic E-state index is 9.26. The van der Waals surface area contributed by atoms with E-state index < -0.39 is 6.10 Å². The number of aliphatic hydroxyl groups excluding tert-OH is 1. The van der Waals surface area contributed by atoms with E-state index in [1.165, 1.54) is 0 Å². The summed E-state index contributed by atoms with van der Waals surface area (Å²) in [6.07, 6.45) is 2.48. The van der Waals surface area contributed by atoms with Gasteiger partial charge in [-0.3, -0.25) is 4.98 Å². The lowest BCUT2D eigenvalue weighted by Crippen LogP contribution is -2.17. The summed E-state index contributed by atoms with van der Waals surface area (Å²) >= 11 is 0. The first-order valence-corrected chi connectivity index (χ1v) is 3.29. The molecule has 0 fully saturated rings. The maximum atomic E-state index is 9.26. The quantitative estimate of drug-likeness (QED) is 0.540. The maximum Gasteiger partial charge on any atom is 0.0952 e. The average molecular weight is 154 g/mol. The number of nitrogens with zero attached hydrogens (tertiary/aromatic N) is 1. The lowest BCUT2D eigenvalue weighted by molar-refractivity contribution is 0.0919. The summed E-state index contributed by atoms with van der Waals surface area (Å²) < 4.78 is 0. The Morgan fingerprint density at radius 2 is 2.45 bits per heavy atom. The van der Waals surface area contributed by atoms with Gasteiger partial charge in [0.05, 0.1) is 12.6 Å². The Morgan fingerprint density at radius 3 is 3.00 bits per heavy atom. The monoisotopic (exact) mass is 154 g/mol. The van der Waals surface area contributed by atoms with Crippen molar-refractivity contribution in [3.8, 4) is 0 Å². The van der Waals surface area contributed by atoms with Crippen LogP contribution in [0.2, 0.25) is 0 Å². The fraction of sp³-hybridized carbons (Fsp3) is 0.286. The van der Waals surface area contributed by atoms with Crippen molar-refractivity contribution in [1.82, 2.24) is 10.5 Å². The van der Waals surface area contributed by atoms with Gasteiger partial charge in [0.15, 0.2) is 0 Å². The Bertz CT molecular complexity index is 203. The van der Waals surface area contributed by atoms with Crippen molar-refractivity contribution in [3.05, 3.63) is 30.1 Å². The van der Waals surface area contributed by atoms with E-state index in [-0.39, 0.29) is 6.54 Å². The summed E-state index contributed by atoms with van der Waals surface area (Å²) in [7, 11) is 0. The minimum Gasteiger partial charge on any atom is -0.387 e. The fourth-order valence-electron chi connectivity index (χ4n) is 0.777. The molecule has 0 spiro atoms. The highest BCUT2D eigenvalue weighted by molar-refractivity contribution is 5.11. The van der Waals surface area contributed by atoms with E-state index in [2.05, 4.69) is 4.98 Å². The summed E-state index contributed by atoms with van der Waals surface area (Å²) in [6.45, 7) is 0.117. The molecular formula is C7H10N2O2. The van der Waals surface area contributed by atoms with Crippen molar-refractivity contribution in [2.45, 2.75) is 6.10 Å². The van der Waals surface area contributed by atoms with Crippen LogP contribution in [0.4, 0.5) is 0 Å². The SMILES string of the molecule is ONCC(O)c1cccnc1. The molecule has 1 rings (SSSR count). The molecule has 1 atom stereocenters. The highest BCUT2D eigenvalue weighted by atomic mass is 16.5. The normalized spacial score (nSPS) is 12.9. The molecule has 0 saturated heterocycles. The van der Waals surface area contributed by atoms with Crippen LogP contribution in [0, 0.1) is 0 Å². The van der Waals surface area contributed by atoms with E-state index in [1.54, 1.807) is 24.5 Å². The number of pyridine rings is 1. The van der Waals surface area contributed by atoms with Crippen LogP contribution in [0.5, 0.6) is 0 Å². The van der Waals surface area contributed by atoms with Crippen LogP contribution < -0.4 is 5.48 Å². The highest BCUT2D eigenvalue weighted by Crippen LogP contribution is 2.08. The van der Waals surface area contributed by atoms with Crippen molar-refractivity contribution in [1.29, 1.82) is 0 Å². The molecule has 1 aromatic rings. The van der Waals surface area contributed by atoms with Gasteiger partial charge < -0.3 is 10.3 Å². The number of hydrogen-bond donors (Lipinski definition) is 3. The smallest absolute Gasteiger partial charge is 0.0952 e. The third kappa shape index (κ3) is 2.27. The fourth-order valence-corrected chi connectivity index (χ4v) is 0.777. The second kappa shape index (κ2) is 4.02. The molecule has 1 unspecified atom stereocenters. The summed E-state index contributed by atoms with van der Waals surface area (Å²) in [4.78, 5) is 3.82. The molecule has 0 aliphatic heterocycles. The van der Waals surface area contributed by atoms with E-state index in [9.17, 15) is 5.11 Å². The number of hydroxylamine groups is 1. The van der Waals surface area contributed by atoms with Crippen LogP contribution in [0.3, 0.4) is 0 Å². The molecule has 0 amide bonds. The zero-order valence-electron chi connectivity index (χ0n) is 5.94. The lowest BCUT2D eigenvalue weighted by atomic mass is 10.2. The number of aromatic nitrogens is 1. The van der Waals surface area contributed by atoms with Crippen LogP contribution in [-0.2, 0) is 0 Å². The standard InChI is InChI=1S/C7H10N2O2/c10-7(5-9-11)6-2-1-3-8-4-6/h1-4,7,9-11H,5H2. The zero-order chi connectivity index (χ0) is 8.10. The van der Waals surface area contributed by atoms with Gasteiger partial charge in [0.25, 0.3) is 0 Å². The van der Waals surface area contributed by atoms with Crippen molar-refractivity contribution >= 4 is 0 Å². The van der Waals surface area contributed by atoms with Gasteiger partial charge in [0.2, 0.25) is 0 Å². The van der Waals surface area contributed by atoms with Gasteiger partial charge in [-0.05, 0) is 6.07 Å². The number of aliphatic hydroxyl groups is 1. The van der Waals surface area contributed by atoms with Crippen molar-refractivity contribution in [2.75, 3.05) is 6.54 Å². The lowest BCUT2D eigenvalue weighted by Gasteiger charge is -2.07. The van der Waals surface area contributed by atoms with Gasteiger partial charge in [-0.25, -0.2) is 5.48 Å². The Morgan fingerprint density at radius 1 is 1.64 bits per heavy atom. The van der Waals surface area contributed by atoms with Crippen molar-refractivity contribution in [2.24, 2.45) is 0 Å². The summed E-state index contributed by atoms with van der Waals surface area (Å²) in [6, 6.07) is 3.48. The van der Waals surface area contributed by atoms with Crippen LogP contribution in [0.15, 0.2) is 24.5 Å². The van der Waals surface area contributed by atoms with Crippen LogP contribution in [0.1, 0.15) is 11.7 Å². The van der Waals surface area contributed by atoms with E-state index in [0.717, 1.165) is 0 Å². The first-order valence-electron chi connectivity index (χ1n) is 3.29. The molecule has 1 aromatic heterocycles. The average Bonchev–Trinajstić information content (AvgIpc) is 2.07. The Kier molecular flexibility index (Phi) is 2.97. The minimum absolute atomic E-state index is 0.117. The van der Waals surface area contributed by atoms with Crippen molar-refractivity contribution < 1.29 is 10.3 Å². The molecule has 0 aromatic carbocycles. The minimum atomic E-state index is -0.700. The predicted molar refractivity (Wildman–Crippen MR) is 39.0 cm³/mol. The topological polar surface area (TPSA) is 65.4 Å². The first kappa shape index (κ1) is 8.13. The van der Waals surface area contributed by atoms with Gasteiger partial charge in [-0.15, -0.1) is 0 Å². The van der Waals surface area contributed by atoms with Gasteiger partial charge >= 0.3 is 0 Å². The molecule has 60 valence electrons. The molecule has 0 aliphatic carbocycles. The second-order valence-corrected chi connectivity index (χ2v) is 2.16. The molecule has 0 bridgehead atoms. The van der Waals surface area contributed by atoms with Gasteiger partial charge in [0, 0.05) is 18.0 Å². The molecule has 4 nitrogen and oxygen atoms in total. The highest BCUT2D eigenvalue weighted by Gasteiger charge is 2.04. The van der Waals surface area contributed by atoms with Crippen molar-refractivity contribution in [3.63, 3.8) is 0 Å². The Hall–Kier alpha value is -0.970. The molecule has 1 heterocycles. The molecule has 11 heavy (non-hydrogen) atoms. The molecule has 0 aliphatic rings.